The quantitative estimate of drug-likeness (QED) is 0.164. The monoisotopic (exact) mass is 516 g/mol. The Bertz CT molecular complexity index is 945. The molecule has 0 heterocycles. The summed E-state index contributed by atoms with van der Waals surface area (Å²) in [6.07, 6.45) is 7.24. The van der Waals surface area contributed by atoms with E-state index in [0.29, 0.717) is 16.6 Å². The fraction of sp³-hybridized carbons (Fsp3) is 0.533. The summed E-state index contributed by atoms with van der Waals surface area (Å²) in [7, 11) is -2.21. The smallest absolute Gasteiger partial charge is 0.201 e. The van der Waals surface area contributed by atoms with Gasteiger partial charge in [-0.25, -0.2) is 0 Å². The van der Waals surface area contributed by atoms with Gasteiger partial charge < -0.3 is 4.43 Å². The van der Waals surface area contributed by atoms with E-state index >= 15 is 0 Å². The Labute approximate surface area is 219 Å². The van der Waals surface area contributed by atoms with E-state index in [9.17, 15) is 0 Å². The van der Waals surface area contributed by atoms with E-state index in [0.717, 1.165) is 19.3 Å². The molecule has 4 heteroatoms. The molecule has 0 spiro atoms. The Morgan fingerprint density at radius 1 is 0.882 bits per heavy atom. The lowest BCUT2D eigenvalue weighted by Crippen LogP contribution is -2.52. The van der Waals surface area contributed by atoms with Gasteiger partial charge in [0.15, 0.2) is 4.33 Å². The number of hydrogen-bond donors (Lipinski definition) is 0. The van der Waals surface area contributed by atoms with Crippen molar-refractivity contribution in [3.8, 4) is 0 Å². The molecule has 0 radical (unpaired) electrons. The molecular weight excluding hydrogens is 475 g/mol. The van der Waals surface area contributed by atoms with E-state index < -0.39 is 18.3 Å². The van der Waals surface area contributed by atoms with Gasteiger partial charge in [0, 0.05) is 5.92 Å². The maximum absolute atomic E-state index is 7.40. The lowest BCUT2D eigenvalue weighted by molar-refractivity contribution is 0.177. The van der Waals surface area contributed by atoms with Gasteiger partial charge in [0.2, 0.25) is 8.32 Å². The number of allylic oxidation sites excluding steroid dienone is 1. The fourth-order valence-electron chi connectivity index (χ4n) is 6.01. The highest BCUT2D eigenvalue weighted by atomic mass is 35.5. The number of benzene rings is 2. The van der Waals surface area contributed by atoms with Crippen molar-refractivity contribution in [2.75, 3.05) is 0 Å². The van der Waals surface area contributed by atoms with E-state index in [1.54, 1.807) is 0 Å². The molecule has 0 aromatic heterocycles. The summed E-state index contributed by atoms with van der Waals surface area (Å²) in [6, 6.07) is 19.2. The number of aryl methyl sites for hydroxylation is 2. The molecule has 3 rings (SSSR count). The second-order valence-electron chi connectivity index (χ2n) is 10.9. The standard InChI is InChI=1S/C30H42Cl2OSi/c1-22(2)34(23(3)4,24(5)6)33-29(20-14-13-18-26-16-9-8-10-17-26)28(30(29,31)32)21-27-19-12-11-15-25(27)7/h8-12,14-17,19-20,22-24,28H,13,18,21H2,1-7H3/b20-14+/t28-,29+/m1/s1. The average molecular weight is 518 g/mol. The largest absolute Gasteiger partial charge is 0.404 e. The van der Waals surface area contributed by atoms with Gasteiger partial charge >= 0.3 is 0 Å². The predicted molar refractivity (Wildman–Crippen MR) is 152 cm³/mol. The zero-order chi connectivity index (χ0) is 25.1. The van der Waals surface area contributed by atoms with Crippen LogP contribution in [-0.2, 0) is 17.3 Å². The van der Waals surface area contributed by atoms with E-state index in [1.807, 2.05) is 0 Å². The molecule has 0 bridgehead atoms. The molecule has 1 aliphatic carbocycles. The first-order chi connectivity index (χ1) is 16.0. The average Bonchev–Trinajstić information content (AvgIpc) is 3.23. The summed E-state index contributed by atoms with van der Waals surface area (Å²) in [5.41, 5.74) is 4.66. The molecule has 1 nitrogen and oxygen atoms in total. The minimum absolute atomic E-state index is 0.0283. The van der Waals surface area contributed by atoms with Crippen LogP contribution in [0.2, 0.25) is 16.6 Å². The zero-order valence-corrected chi connectivity index (χ0v) is 24.5. The summed E-state index contributed by atoms with van der Waals surface area (Å²) in [4.78, 5) is 0. The van der Waals surface area contributed by atoms with Crippen LogP contribution in [0, 0.1) is 12.8 Å². The predicted octanol–water partition coefficient (Wildman–Crippen LogP) is 9.46. The highest BCUT2D eigenvalue weighted by Crippen LogP contribution is 2.69. The molecule has 0 N–H and O–H groups in total. The Morgan fingerprint density at radius 2 is 1.44 bits per heavy atom. The Hall–Kier alpha value is -1.06. The lowest BCUT2D eigenvalue weighted by atomic mass is 10.0. The molecule has 186 valence electrons. The summed E-state index contributed by atoms with van der Waals surface area (Å²) in [6.45, 7) is 16.1. The Kier molecular flexibility index (Phi) is 8.83. The summed E-state index contributed by atoms with van der Waals surface area (Å²) in [5, 5.41) is 0. The molecule has 2 aromatic carbocycles. The number of hydrogen-bond acceptors (Lipinski definition) is 1. The van der Waals surface area contributed by atoms with Gasteiger partial charge in [-0.2, -0.15) is 0 Å². The van der Waals surface area contributed by atoms with Gasteiger partial charge in [-0.05, 0) is 59.5 Å². The molecule has 2 atom stereocenters. The lowest BCUT2D eigenvalue weighted by Gasteiger charge is -2.45. The highest BCUT2D eigenvalue weighted by molar-refractivity contribution is 6.78. The van der Waals surface area contributed by atoms with Crippen LogP contribution in [0.15, 0.2) is 66.7 Å². The van der Waals surface area contributed by atoms with Gasteiger partial charge in [0.1, 0.15) is 5.60 Å². The number of halogens is 2. The van der Waals surface area contributed by atoms with Crippen LogP contribution in [0.5, 0.6) is 0 Å². The van der Waals surface area contributed by atoms with Crippen molar-refractivity contribution in [3.05, 3.63) is 83.4 Å². The minimum atomic E-state index is -2.21. The highest BCUT2D eigenvalue weighted by Gasteiger charge is 2.77. The van der Waals surface area contributed by atoms with Crippen molar-refractivity contribution >= 4 is 31.5 Å². The molecule has 0 aliphatic heterocycles. The SMILES string of the molecule is Cc1ccccc1C[C@H]1C(Cl)(Cl)[C@@]1(/C=C/CCc1ccccc1)O[Si](C(C)C)(C(C)C)C(C)C. The maximum atomic E-state index is 7.40. The van der Waals surface area contributed by atoms with Crippen molar-refractivity contribution in [1.29, 1.82) is 0 Å². The van der Waals surface area contributed by atoms with E-state index in [-0.39, 0.29) is 5.92 Å². The van der Waals surface area contributed by atoms with Crippen LogP contribution in [0.1, 0.15) is 64.7 Å². The fourth-order valence-corrected chi connectivity index (χ4v) is 12.6. The molecule has 0 saturated heterocycles. The molecule has 34 heavy (non-hydrogen) atoms. The van der Waals surface area contributed by atoms with Crippen molar-refractivity contribution in [2.24, 2.45) is 5.92 Å². The molecule has 1 fully saturated rings. The first kappa shape index (κ1) is 27.5. The minimum Gasteiger partial charge on any atom is -0.404 e. The van der Waals surface area contributed by atoms with Crippen LogP contribution in [0.25, 0.3) is 0 Å². The van der Waals surface area contributed by atoms with Gasteiger partial charge in [0.25, 0.3) is 0 Å². The molecule has 0 unspecified atom stereocenters. The third kappa shape index (κ3) is 5.21. The Balaban J connectivity index is 1.95. The van der Waals surface area contributed by atoms with Crippen molar-refractivity contribution in [1.82, 2.24) is 0 Å². The molecule has 0 amide bonds. The first-order valence-electron chi connectivity index (χ1n) is 12.8. The second kappa shape index (κ2) is 10.9. The van der Waals surface area contributed by atoms with Gasteiger partial charge in [-0.1, -0.05) is 131 Å². The van der Waals surface area contributed by atoms with Gasteiger partial charge in [-0.3, -0.25) is 0 Å². The van der Waals surface area contributed by atoms with E-state index in [1.165, 1.54) is 16.7 Å². The first-order valence-corrected chi connectivity index (χ1v) is 15.7. The second-order valence-corrected chi connectivity index (χ2v) is 17.7. The third-order valence-electron chi connectivity index (χ3n) is 7.94. The molecular formula is C30H42Cl2OSi. The normalized spacial score (nSPS) is 22.3. The third-order valence-corrected chi connectivity index (χ3v) is 15.2. The molecule has 2 aromatic rings. The van der Waals surface area contributed by atoms with Crippen LogP contribution in [0.3, 0.4) is 0 Å². The summed E-state index contributed by atoms with van der Waals surface area (Å²) < 4.78 is 6.47. The van der Waals surface area contributed by atoms with Crippen molar-refractivity contribution in [2.45, 2.75) is 94.3 Å². The number of alkyl halides is 2. The van der Waals surface area contributed by atoms with Crippen molar-refractivity contribution in [3.63, 3.8) is 0 Å². The maximum Gasteiger partial charge on any atom is 0.201 e. The van der Waals surface area contributed by atoms with Crippen LogP contribution >= 0.6 is 23.2 Å². The van der Waals surface area contributed by atoms with E-state index in [4.69, 9.17) is 27.6 Å². The topological polar surface area (TPSA) is 9.23 Å². The Morgan fingerprint density at radius 3 is 2.00 bits per heavy atom. The van der Waals surface area contributed by atoms with Crippen LogP contribution in [-0.4, -0.2) is 18.3 Å². The van der Waals surface area contributed by atoms with E-state index in [2.05, 4.69) is 115 Å². The van der Waals surface area contributed by atoms with Crippen LogP contribution < -0.4 is 0 Å². The molecule has 1 saturated carbocycles. The van der Waals surface area contributed by atoms with Crippen LogP contribution in [0.4, 0.5) is 0 Å². The summed E-state index contributed by atoms with van der Waals surface area (Å²) in [5.74, 6) is 0.0283. The van der Waals surface area contributed by atoms with Gasteiger partial charge in [-0.15, -0.1) is 0 Å². The van der Waals surface area contributed by atoms with Gasteiger partial charge in [0.05, 0.1) is 0 Å². The molecule has 1 aliphatic rings. The zero-order valence-electron chi connectivity index (χ0n) is 21.9. The number of rotatable bonds is 11. The summed E-state index contributed by atoms with van der Waals surface area (Å²) >= 11 is 14.3. The van der Waals surface area contributed by atoms with Crippen molar-refractivity contribution < 1.29 is 4.43 Å².